The lowest BCUT2D eigenvalue weighted by molar-refractivity contribution is 0.112. The van der Waals surface area contributed by atoms with Crippen molar-refractivity contribution in [3.63, 3.8) is 0 Å². The fourth-order valence-electron chi connectivity index (χ4n) is 1.63. The van der Waals surface area contributed by atoms with E-state index in [-0.39, 0.29) is 5.88 Å². The van der Waals surface area contributed by atoms with Crippen LogP contribution in [0.25, 0.3) is 11.3 Å². The third-order valence-electron chi connectivity index (χ3n) is 2.49. The van der Waals surface area contributed by atoms with Crippen LogP contribution in [0.15, 0.2) is 22.7 Å². The van der Waals surface area contributed by atoms with E-state index >= 15 is 0 Å². The fraction of sp³-hybridized carbons (Fsp3) is 0.167. The lowest BCUT2D eigenvalue weighted by atomic mass is 10.0. The molecule has 0 saturated carbocycles. The van der Waals surface area contributed by atoms with Crippen molar-refractivity contribution in [1.29, 1.82) is 0 Å². The molecular weight excluding hydrogens is 236 g/mol. The third-order valence-corrected chi connectivity index (χ3v) is 2.49. The highest BCUT2D eigenvalue weighted by atomic mass is 16.5. The molecule has 0 fully saturated rings. The van der Waals surface area contributed by atoms with Gasteiger partial charge in [-0.1, -0.05) is 5.16 Å². The number of methoxy groups -OCH3 is 2. The van der Waals surface area contributed by atoms with E-state index in [1.807, 2.05) is 0 Å². The highest BCUT2D eigenvalue weighted by molar-refractivity contribution is 5.88. The molecule has 0 unspecified atom stereocenters. The van der Waals surface area contributed by atoms with Gasteiger partial charge in [-0.15, -0.1) is 0 Å². The minimum absolute atomic E-state index is 0.177. The molecule has 0 aliphatic heterocycles. The first-order valence-electron chi connectivity index (χ1n) is 5.13. The van der Waals surface area contributed by atoms with Crippen LogP contribution in [0, 0.1) is 0 Å². The lowest BCUT2D eigenvalue weighted by Crippen LogP contribution is -1.95. The molecule has 1 aromatic heterocycles. The van der Waals surface area contributed by atoms with Gasteiger partial charge < -0.3 is 19.7 Å². The Morgan fingerprint density at radius 2 is 1.89 bits per heavy atom. The summed E-state index contributed by atoms with van der Waals surface area (Å²) in [5.74, 6) is 1.15. The van der Waals surface area contributed by atoms with Gasteiger partial charge in [0.1, 0.15) is 5.69 Å². The molecule has 1 aromatic carbocycles. The molecule has 6 heteroatoms. The van der Waals surface area contributed by atoms with Gasteiger partial charge in [-0.3, -0.25) is 4.79 Å². The topological polar surface area (TPSA) is 87.6 Å². The zero-order chi connectivity index (χ0) is 13.1. The van der Waals surface area contributed by atoms with Crippen molar-refractivity contribution in [2.75, 3.05) is 20.0 Å². The Balaban J connectivity index is 2.62. The van der Waals surface area contributed by atoms with Crippen LogP contribution in [0.2, 0.25) is 0 Å². The van der Waals surface area contributed by atoms with Gasteiger partial charge in [-0.2, -0.15) is 0 Å². The zero-order valence-electron chi connectivity index (χ0n) is 9.97. The molecule has 0 atom stereocenters. The number of aromatic nitrogens is 1. The summed E-state index contributed by atoms with van der Waals surface area (Å²) in [5.41, 5.74) is 6.92. The van der Waals surface area contributed by atoms with E-state index in [1.54, 1.807) is 12.1 Å². The molecule has 6 nitrogen and oxygen atoms in total. The summed E-state index contributed by atoms with van der Waals surface area (Å²) < 4.78 is 15.1. The van der Waals surface area contributed by atoms with Gasteiger partial charge in [0.2, 0.25) is 5.88 Å². The van der Waals surface area contributed by atoms with Gasteiger partial charge in [0.05, 0.1) is 14.2 Å². The maximum Gasteiger partial charge on any atom is 0.222 e. The quantitative estimate of drug-likeness (QED) is 0.829. The Labute approximate surface area is 103 Å². The van der Waals surface area contributed by atoms with E-state index in [0.717, 1.165) is 0 Å². The molecule has 0 aliphatic carbocycles. The molecule has 0 amide bonds. The number of rotatable bonds is 4. The number of nitrogen functional groups attached to an aromatic ring is 1. The molecule has 0 spiro atoms. The number of anilines is 1. The van der Waals surface area contributed by atoms with Crippen LogP contribution in [-0.4, -0.2) is 25.7 Å². The first-order valence-corrected chi connectivity index (χ1v) is 5.13. The Hall–Kier alpha value is -2.50. The third kappa shape index (κ3) is 2.00. The van der Waals surface area contributed by atoms with E-state index < -0.39 is 0 Å². The van der Waals surface area contributed by atoms with E-state index in [4.69, 9.17) is 19.7 Å². The van der Waals surface area contributed by atoms with Gasteiger partial charge >= 0.3 is 0 Å². The maximum absolute atomic E-state index is 11.1. The number of hydrogen-bond donors (Lipinski definition) is 1. The fourth-order valence-corrected chi connectivity index (χ4v) is 1.63. The average molecular weight is 248 g/mol. The van der Waals surface area contributed by atoms with E-state index in [1.165, 1.54) is 20.3 Å². The summed E-state index contributed by atoms with van der Waals surface area (Å²) in [5, 5.41) is 3.77. The molecule has 94 valence electrons. The van der Waals surface area contributed by atoms with E-state index in [2.05, 4.69) is 5.16 Å². The minimum atomic E-state index is 0.177. The van der Waals surface area contributed by atoms with Crippen LogP contribution >= 0.6 is 0 Å². The van der Waals surface area contributed by atoms with Crippen molar-refractivity contribution in [3.8, 4) is 22.8 Å². The molecule has 2 N–H and O–H groups in total. The average Bonchev–Trinajstić information content (AvgIpc) is 2.83. The van der Waals surface area contributed by atoms with Crippen LogP contribution in [0.1, 0.15) is 10.4 Å². The number of carbonyl (C=O) groups excluding carboxylic acids is 1. The predicted molar refractivity (Wildman–Crippen MR) is 64.8 cm³/mol. The summed E-state index contributed by atoms with van der Waals surface area (Å²) in [4.78, 5) is 11.1. The van der Waals surface area contributed by atoms with Crippen molar-refractivity contribution in [3.05, 3.63) is 23.8 Å². The van der Waals surface area contributed by atoms with E-state index in [0.29, 0.717) is 34.6 Å². The predicted octanol–water partition coefficient (Wildman–Crippen LogP) is 1.75. The smallest absolute Gasteiger partial charge is 0.222 e. The standard InChI is InChI=1S/C12H12N2O4/c1-16-10-3-7(6-15)8(4-11(10)17-2)9-5-12(13)18-14-9/h3-6H,13H2,1-2H3. The number of carbonyl (C=O) groups is 1. The highest BCUT2D eigenvalue weighted by Gasteiger charge is 2.15. The first kappa shape index (κ1) is 12.0. The largest absolute Gasteiger partial charge is 0.493 e. The van der Waals surface area contributed by atoms with Gasteiger partial charge in [0.15, 0.2) is 17.8 Å². The van der Waals surface area contributed by atoms with Crippen LogP contribution < -0.4 is 15.2 Å². The van der Waals surface area contributed by atoms with Gasteiger partial charge in [-0.25, -0.2) is 0 Å². The summed E-state index contributed by atoms with van der Waals surface area (Å²) in [6.07, 6.45) is 0.710. The molecule has 1 heterocycles. The lowest BCUT2D eigenvalue weighted by Gasteiger charge is -2.10. The maximum atomic E-state index is 11.1. The molecular formula is C12H12N2O4. The van der Waals surface area contributed by atoms with Gasteiger partial charge in [0.25, 0.3) is 0 Å². The SMILES string of the molecule is COc1cc(C=O)c(-c2cc(N)on2)cc1OC. The number of nitrogens with two attached hydrogens (primary N) is 1. The molecule has 2 rings (SSSR count). The number of aldehydes is 1. The van der Waals surface area contributed by atoms with Crippen LogP contribution in [0.4, 0.5) is 5.88 Å². The van der Waals surface area contributed by atoms with Crippen LogP contribution in [-0.2, 0) is 0 Å². The molecule has 0 aliphatic rings. The summed E-state index contributed by atoms with van der Waals surface area (Å²) >= 11 is 0. The van der Waals surface area contributed by atoms with Crippen LogP contribution in [0.5, 0.6) is 11.5 Å². The number of hydrogen-bond acceptors (Lipinski definition) is 6. The molecule has 0 bridgehead atoms. The second-order valence-electron chi connectivity index (χ2n) is 3.53. The number of ether oxygens (including phenoxy) is 2. The summed E-state index contributed by atoms with van der Waals surface area (Å²) in [6, 6.07) is 4.76. The zero-order valence-corrected chi connectivity index (χ0v) is 9.97. The Kier molecular flexibility index (Phi) is 3.18. The Morgan fingerprint density at radius 1 is 1.22 bits per heavy atom. The molecule has 2 aromatic rings. The second kappa shape index (κ2) is 4.79. The second-order valence-corrected chi connectivity index (χ2v) is 3.53. The van der Waals surface area contributed by atoms with Crippen molar-refractivity contribution >= 4 is 12.2 Å². The summed E-state index contributed by atoms with van der Waals surface area (Å²) in [7, 11) is 3.01. The highest BCUT2D eigenvalue weighted by Crippen LogP contribution is 2.34. The van der Waals surface area contributed by atoms with Gasteiger partial charge in [0, 0.05) is 17.2 Å². The number of nitrogens with zero attached hydrogens (tertiary/aromatic N) is 1. The Bertz CT molecular complexity index is 577. The number of benzene rings is 1. The van der Waals surface area contributed by atoms with Crippen molar-refractivity contribution in [1.82, 2.24) is 5.16 Å². The van der Waals surface area contributed by atoms with Crippen molar-refractivity contribution in [2.45, 2.75) is 0 Å². The first-order chi connectivity index (χ1) is 8.69. The van der Waals surface area contributed by atoms with E-state index in [9.17, 15) is 4.79 Å². The van der Waals surface area contributed by atoms with Crippen molar-refractivity contribution in [2.24, 2.45) is 0 Å². The van der Waals surface area contributed by atoms with Gasteiger partial charge in [-0.05, 0) is 12.1 Å². The summed E-state index contributed by atoms with van der Waals surface area (Å²) in [6.45, 7) is 0. The van der Waals surface area contributed by atoms with Crippen LogP contribution in [0.3, 0.4) is 0 Å². The normalized spacial score (nSPS) is 10.1. The monoisotopic (exact) mass is 248 g/mol. The molecule has 0 radical (unpaired) electrons. The minimum Gasteiger partial charge on any atom is -0.493 e. The van der Waals surface area contributed by atoms with Crippen molar-refractivity contribution < 1.29 is 18.8 Å². The molecule has 0 saturated heterocycles. The Morgan fingerprint density at radius 3 is 2.39 bits per heavy atom. The molecule has 18 heavy (non-hydrogen) atoms.